The molecule has 0 spiro atoms. The van der Waals surface area contributed by atoms with Crippen LogP contribution in [0.15, 0.2) is 59.5 Å². The molecule has 0 saturated carbocycles. The highest BCUT2D eigenvalue weighted by atomic mass is 32.2. The quantitative estimate of drug-likeness (QED) is 0.824. The molecule has 1 atom stereocenters. The molecule has 0 bridgehead atoms. The first kappa shape index (κ1) is 19.1. The first-order valence-electron chi connectivity index (χ1n) is 8.35. The molecule has 0 aliphatic heterocycles. The molecule has 1 amide bonds. The van der Waals surface area contributed by atoms with Crippen molar-refractivity contribution in [3.8, 4) is 0 Å². The summed E-state index contributed by atoms with van der Waals surface area (Å²) in [5.41, 5.74) is 1.37. The van der Waals surface area contributed by atoms with Crippen LogP contribution < -0.4 is 4.72 Å². The van der Waals surface area contributed by atoms with Crippen molar-refractivity contribution in [2.75, 3.05) is 13.1 Å². The number of sulfonamides is 1. The highest BCUT2D eigenvalue weighted by Gasteiger charge is 2.19. The molecule has 134 valence electrons. The standard InChI is InChI=1S/C19H24N2O3S/c1-4-21(5-2)19(22)17-11-13-18(14-12-17)25(23,24)20-15(3)16-9-7-6-8-10-16/h6-15,20H,4-5H2,1-3H3. The van der Waals surface area contributed by atoms with Crippen LogP contribution in [-0.2, 0) is 10.0 Å². The van der Waals surface area contributed by atoms with Crippen molar-refractivity contribution in [2.24, 2.45) is 0 Å². The van der Waals surface area contributed by atoms with E-state index < -0.39 is 10.0 Å². The number of carbonyl (C=O) groups excluding carboxylic acids is 1. The fourth-order valence-electron chi connectivity index (χ4n) is 2.58. The van der Waals surface area contributed by atoms with Gasteiger partial charge >= 0.3 is 0 Å². The van der Waals surface area contributed by atoms with Crippen LogP contribution >= 0.6 is 0 Å². The summed E-state index contributed by atoms with van der Waals surface area (Å²) in [5, 5.41) is 0. The molecule has 2 aromatic carbocycles. The summed E-state index contributed by atoms with van der Waals surface area (Å²) in [6.07, 6.45) is 0. The van der Waals surface area contributed by atoms with Crippen LogP contribution in [0.2, 0.25) is 0 Å². The minimum Gasteiger partial charge on any atom is -0.339 e. The summed E-state index contributed by atoms with van der Waals surface area (Å²) in [6, 6.07) is 15.1. The lowest BCUT2D eigenvalue weighted by molar-refractivity contribution is 0.0773. The molecule has 2 aromatic rings. The minimum atomic E-state index is -3.66. The maximum absolute atomic E-state index is 12.5. The van der Waals surface area contributed by atoms with E-state index in [1.165, 1.54) is 12.1 Å². The molecule has 6 heteroatoms. The lowest BCUT2D eigenvalue weighted by Gasteiger charge is -2.19. The van der Waals surface area contributed by atoms with E-state index in [0.717, 1.165) is 5.56 Å². The zero-order valence-electron chi connectivity index (χ0n) is 14.8. The Morgan fingerprint density at radius 1 is 1.00 bits per heavy atom. The Balaban J connectivity index is 2.16. The van der Waals surface area contributed by atoms with E-state index in [4.69, 9.17) is 0 Å². The molecule has 0 heterocycles. The molecule has 0 saturated heterocycles. The van der Waals surface area contributed by atoms with Crippen molar-refractivity contribution in [1.29, 1.82) is 0 Å². The monoisotopic (exact) mass is 360 g/mol. The summed E-state index contributed by atoms with van der Waals surface area (Å²) < 4.78 is 27.7. The molecule has 0 fully saturated rings. The molecule has 0 aliphatic carbocycles. The Morgan fingerprint density at radius 3 is 2.08 bits per heavy atom. The van der Waals surface area contributed by atoms with Gasteiger partial charge < -0.3 is 4.90 Å². The Hall–Kier alpha value is -2.18. The second-order valence-electron chi connectivity index (χ2n) is 5.76. The van der Waals surface area contributed by atoms with E-state index in [-0.39, 0.29) is 16.8 Å². The maximum Gasteiger partial charge on any atom is 0.253 e. The van der Waals surface area contributed by atoms with E-state index >= 15 is 0 Å². The van der Waals surface area contributed by atoms with Gasteiger partial charge in [-0.15, -0.1) is 0 Å². The van der Waals surface area contributed by atoms with Gasteiger partial charge in [0.25, 0.3) is 5.91 Å². The van der Waals surface area contributed by atoms with E-state index in [0.29, 0.717) is 18.7 Å². The van der Waals surface area contributed by atoms with Crippen LogP contribution in [0, 0.1) is 0 Å². The van der Waals surface area contributed by atoms with Gasteiger partial charge in [-0.25, -0.2) is 13.1 Å². The van der Waals surface area contributed by atoms with Crippen molar-refractivity contribution >= 4 is 15.9 Å². The highest BCUT2D eigenvalue weighted by Crippen LogP contribution is 2.17. The van der Waals surface area contributed by atoms with Gasteiger partial charge in [-0.3, -0.25) is 4.79 Å². The lowest BCUT2D eigenvalue weighted by Crippen LogP contribution is -2.30. The van der Waals surface area contributed by atoms with E-state index in [1.807, 2.05) is 44.2 Å². The number of amides is 1. The molecule has 1 N–H and O–H groups in total. The van der Waals surface area contributed by atoms with E-state index in [1.54, 1.807) is 24.0 Å². The number of benzene rings is 2. The summed E-state index contributed by atoms with van der Waals surface area (Å²) >= 11 is 0. The smallest absolute Gasteiger partial charge is 0.253 e. The third-order valence-electron chi connectivity index (χ3n) is 4.09. The Labute approximate surface area is 149 Å². The summed E-state index contributed by atoms with van der Waals surface area (Å²) in [4.78, 5) is 14.1. The zero-order valence-corrected chi connectivity index (χ0v) is 15.6. The number of nitrogens with one attached hydrogen (secondary N) is 1. The van der Waals surface area contributed by atoms with Gasteiger partial charge in [-0.1, -0.05) is 30.3 Å². The lowest BCUT2D eigenvalue weighted by atomic mass is 10.1. The normalized spacial score (nSPS) is 12.6. The van der Waals surface area contributed by atoms with Crippen LogP contribution in [0.4, 0.5) is 0 Å². The van der Waals surface area contributed by atoms with Crippen LogP contribution in [0.3, 0.4) is 0 Å². The predicted octanol–water partition coefficient (Wildman–Crippen LogP) is 3.21. The maximum atomic E-state index is 12.5. The summed E-state index contributed by atoms with van der Waals surface area (Å²) in [6.45, 7) is 6.85. The fourth-order valence-corrected chi connectivity index (χ4v) is 3.81. The van der Waals surface area contributed by atoms with Gasteiger partial charge in [0.05, 0.1) is 4.90 Å². The topological polar surface area (TPSA) is 66.5 Å². The molecule has 5 nitrogen and oxygen atoms in total. The van der Waals surface area contributed by atoms with Gasteiger partial charge in [0.2, 0.25) is 10.0 Å². The zero-order chi connectivity index (χ0) is 18.4. The van der Waals surface area contributed by atoms with Crippen molar-refractivity contribution in [1.82, 2.24) is 9.62 Å². The SMILES string of the molecule is CCN(CC)C(=O)c1ccc(S(=O)(=O)NC(C)c2ccccc2)cc1. The van der Waals surface area contributed by atoms with E-state index in [2.05, 4.69) is 4.72 Å². The molecule has 0 radical (unpaired) electrons. The number of carbonyl (C=O) groups is 1. The predicted molar refractivity (Wildman–Crippen MR) is 98.9 cm³/mol. The van der Waals surface area contributed by atoms with E-state index in [9.17, 15) is 13.2 Å². The van der Waals surface area contributed by atoms with Gasteiger partial charge in [-0.05, 0) is 50.6 Å². The first-order valence-corrected chi connectivity index (χ1v) is 9.84. The molecule has 1 unspecified atom stereocenters. The highest BCUT2D eigenvalue weighted by molar-refractivity contribution is 7.89. The number of rotatable bonds is 7. The van der Waals surface area contributed by atoms with Gasteiger partial charge in [-0.2, -0.15) is 0 Å². The molecular weight excluding hydrogens is 336 g/mol. The van der Waals surface area contributed by atoms with Crippen molar-refractivity contribution < 1.29 is 13.2 Å². The van der Waals surface area contributed by atoms with Crippen molar-refractivity contribution in [2.45, 2.75) is 31.7 Å². The Kier molecular flexibility index (Phi) is 6.33. The number of hydrogen-bond donors (Lipinski definition) is 1. The fraction of sp³-hybridized carbons (Fsp3) is 0.316. The second kappa shape index (κ2) is 8.27. The van der Waals surface area contributed by atoms with Gasteiger partial charge in [0.1, 0.15) is 0 Å². The van der Waals surface area contributed by atoms with Crippen molar-refractivity contribution in [3.63, 3.8) is 0 Å². The number of hydrogen-bond acceptors (Lipinski definition) is 3. The van der Waals surface area contributed by atoms with Crippen LogP contribution in [-0.4, -0.2) is 32.3 Å². The average molecular weight is 360 g/mol. The van der Waals surface area contributed by atoms with Gasteiger partial charge in [0, 0.05) is 24.7 Å². The third kappa shape index (κ3) is 4.67. The van der Waals surface area contributed by atoms with Crippen LogP contribution in [0.1, 0.15) is 42.7 Å². The first-order chi connectivity index (χ1) is 11.9. The largest absolute Gasteiger partial charge is 0.339 e. The Bertz CT molecular complexity index is 798. The van der Waals surface area contributed by atoms with Gasteiger partial charge in [0.15, 0.2) is 0 Å². The van der Waals surface area contributed by atoms with Crippen LogP contribution in [0.25, 0.3) is 0 Å². The molecule has 2 rings (SSSR count). The third-order valence-corrected chi connectivity index (χ3v) is 5.65. The average Bonchev–Trinajstić information content (AvgIpc) is 2.63. The number of nitrogens with zero attached hydrogens (tertiary/aromatic N) is 1. The molecule has 25 heavy (non-hydrogen) atoms. The molecular formula is C19H24N2O3S. The summed E-state index contributed by atoms with van der Waals surface area (Å²) in [5.74, 6) is -0.0976. The summed E-state index contributed by atoms with van der Waals surface area (Å²) in [7, 11) is -3.66. The van der Waals surface area contributed by atoms with Crippen LogP contribution in [0.5, 0.6) is 0 Å². The van der Waals surface area contributed by atoms with Crippen molar-refractivity contribution in [3.05, 3.63) is 65.7 Å². The molecule has 0 aliphatic rings. The second-order valence-corrected chi connectivity index (χ2v) is 7.47. The Morgan fingerprint density at radius 2 is 1.56 bits per heavy atom. The minimum absolute atomic E-state index is 0.0976. The molecule has 0 aromatic heterocycles.